The minimum absolute atomic E-state index is 0.167. The Morgan fingerprint density at radius 3 is 2.33 bits per heavy atom. The fraction of sp³-hybridized carbons (Fsp3) is 0.526. The number of carbonyl (C=O) groups is 3. The highest BCUT2D eigenvalue weighted by Gasteiger charge is 2.22. The van der Waals surface area contributed by atoms with Gasteiger partial charge in [-0.05, 0) is 26.0 Å². The Balaban J connectivity index is 1.79. The number of ether oxygens (including phenoxy) is 2. The molecule has 2 amide bonds. The van der Waals surface area contributed by atoms with Crippen LogP contribution in [0.1, 0.15) is 30.6 Å². The minimum atomic E-state index is -0.455. The van der Waals surface area contributed by atoms with Crippen LogP contribution in [-0.2, 0) is 14.3 Å². The number of hydrogen-bond donors (Lipinski definition) is 1. The van der Waals surface area contributed by atoms with Crippen LogP contribution in [0, 0.1) is 0 Å². The largest absolute Gasteiger partial charge is 0.462 e. The lowest BCUT2D eigenvalue weighted by Gasteiger charge is -2.33. The van der Waals surface area contributed by atoms with Gasteiger partial charge in [0.05, 0.1) is 24.5 Å². The van der Waals surface area contributed by atoms with E-state index >= 15 is 0 Å². The van der Waals surface area contributed by atoms with E-state index in [9.17, 15) is 14.4 Å². The Morgan fingerprint density at radius 1 is 1.00 bits per heavy atom. The number of hydrogen-bond acceptors (Lipinski definition) is 6. The van der Waals surface area contributed by atoms with Gasteiger partial charge < -0.3 is 19.7 Å². The molecule has 0 radical (unpaired) electrons. The van der Waals surface area contributed by atoms with E-state index in [0.717, 1.165) is 0 Å². The molecule has 0 aromatic heterocycles. The topological polar surface area (TPSA) is 88.2 Å². The third kappa shape index (κ3) is 6.25. The summed E-state index contributed by atoms with van der Waals surface area (Å²) in [5, 5.41) is 2.78. The fourth-order valence-electron chi connectivity index (χ4n) is 2.82. The number of rotatable bonds is 7. The number of anilines is 1. The molecule has 1 aromatic rings. The highest BCUT2D eigenvalue weighted by Crippen LogP contribution is 2.16. The number of nitrogens with zero attached hydrogens (tertiary/aromatic N) is 2. The second kappa shape index (κ2) is 10.5. The number of para-hydroxylation sites is 1. The Hall–Kier alpha value is -2.61. The lowest BCUT2D eigenvalue weighted by Crippen LogP contribution is -2.49. The van der Waals surface area contributed by atoms with Crippen LogP contribution in [0.2, 0.25) is 0 Å². The summed E-state index contributed by atoms with van der Waals surface area (Å²) in [6, 6.07) is 6.79. The summed E-state index contributed by atoms with van der Waals surface area (Å²) in [4.78, 5) is 39.7. The molecule has 1 aromatic carbocycles. The predicted octanol–water partition coefficient (Wildman–Crippen LogP) is 1.97. The van der Waals surface area contributed by atoms with E-state index < -0.39 is 5.97 Å². The molecular weight excluding hydrogens is 350 g/mol. The van der Waals surface area contributed by atoms with Crippen molar-refractivity contribution in [1.82, 2.24) is 9.80 Å². The van der Waals surface area contributed by atoms with Crippen LogP contribution in [0.4, 0.5) is 10.5 Å². The van der Waals surface area contributed by atoms with Crippen LogP contribution in [0.3, 0.4) is 0 Å². The molecule has 0 atom stereocenters. The van der Waals surface area contributed by atoms with Gasteiger partial charge in [0.25, 0.3) is 0 Å². The zero-order valence-electron chi connectivity index (χ0n) is 15.9. The molecule has 1 aliphatic rings. The summed E-state index contributed by atoms with van der Waals surface area (Å²) in [7, 11) is 0. The van der Waals surface area contributed by atoms with Gasteiger partial charge >= 0.3 is 12.1 Å². The molecule has 148 valence electrons. The zero-order chi connectivity index (χ0) is 19.6. The van der Waals surface area contributed by atoms with Gasteiger partial charge in [-0.25, -0.2) is 9.59 Å². The van der Waals surface area contributed by atoms with E-state index in [1.165, 1.54) is 0 Å². The lowest BCUT2D eigenvalue weighted by molar-refractivity contribution is -0.116. The van der Waals surface area contributed by atoms with E-state index in [-0.39, 0.29) is 18.6 Å². The number of carbonyl (C=O) groups excluding carboxylic acids is 3. The van der Waals surface area contributed by atoms with Gasteiger partial charge in [0.15, 0.2) is 0 Å². The molecule has 27 heavy (non-hydrogen) atoms. The molecule has 1 N–H and O–H groups in total. The predicted molar refractivity (Wildman–Crippen MR) is 101 cm³/mol. The maximum atomic E-state index is 12.3. The van der Waals surface area contributed by atoms with Crippen LogP contribution >= 0.6 is 0 Å². The van der Waals surface area contributed by atoms with Crippen LogP contribution in [0.25, 0.3) is 0 Å². The minimum Gasteiger partial charge on any atom is -0.462 e. The summed E-state index contributed by atoms with van der Waals surface area (Å²) < 4.78 is 10.0. The molecule has 8 nitrogen and oxygen atoms in total. The quantitative estimate of drug-likeness (QED) is 0.731. The number of piperazine rings is 1. The number of amides is 2. The summed E-state index contributed by atoms with van der Waals surface area (Å²) in [5.74, 6) is -0.622. The van der Waals surface area contributed by atoms with Crippen molar-refractivity contribution in [2.45, 2.75) is 20.3 Å². The molecule has 8 heteroatoms. The van der Waals surface area contributed by atoms with Gasteiger partial charge in [0, 0.05) is 39.1 Å². The first-order valence-corrected chi connectivity index (χ1v) is 9.25. The van der Waals surface area contributed by atoms with Crippen LogP contribution < -0.4 is 5.32 Å². The zero-order valence-corrected chi connectivity index (χ0v) is 15.9. The second-order valence-electron chi connectivity index (χ2n) is 6.09. The molecule has 0 spiro atoms. The number of nitrogens with one attached hydrogen (secondary N) is 1. The summed E-state index contributed by atoms with van der Waals surface area (Å²) in [5.41, 5.74) is 0.795. The average molecular weight is 377 g/mol. The normalized spacial score (nSPS) is 14.5. The standard InChI is InChI=1S/C19H27N3O5/c1-3-26-18(24)15-7-5-6-8-16(15)20-17(23)9-10-21-11-13-22(14-12-21)19(25)27-4-2/h5-8H,3-4,9-14H2,1-2H3,(H,20,23). The van der Waals surface area contributed by atoms with Crippen molar-refractivity contribution in [3.8, 4) is 0 Å². The van der Waals surface area contributed by atoms with E-state index in [2.05, 4.69) is 10.2 Å². The summed E-state index contributed by atoms with van der Waals surface area (Å²) >= 11 is 0. The molecule has 1 aliphatic heterocycles. The first kappa shape index (κ1) is 20.7. The second-order valence-corrected chi connectivity index (χ2v) is 6.09. The van der Waals surface area contributed by atoms with Crippen LogP contribution in [-0.4, -0.2) is 73.7 Å². The Bertz CT molecular complexity index is 657. The monoisotopic (exact) mass is 377 g/mol. The molecule has 0 bridgehead atoms. The third-order valence-corrected chi connectivity index (χ3v) is 4.25. The number of benzene rings is 1. The van der Waals surface area contributed by atoms with Gasteiger partial charge in [-0.2, -0.15) is 0 Å². The van der Waals surface area contributed by atoms with Gasteiger partial charge in [-0.1, -0.05) is 12.1 Å². The lowest BCUT2D eigenvalue weighted by atomic mass is 10.1. The van der Waals surface area contributed by atoms with Crippen molar-refractivity contribution in [3.05, 3.63) is 29.8 Å². The van der Waals surface area contributed by atoms with Crippen molar-refractivity contribution in [2.75, 3.05) is 51.3 Å². The van der Waals surface area contributed by atoms with Crippen molar-refractivity contribution in [1.29, 1.82) is 0 Å². The van der Waals surface area contributed by atoms with Crippen molar-refractivity contribution >= 4 is 23.7 Å². The summed E-state index contributed by atoms with van der Waals surface area (Å²) in [6.45, 7) is 7.33. The summed E-state index contributed by atoms with van der Waals surface area (Å²) in [6.07, 6.45) is 0.0155. The Morgan fingerprint density at radius 2 is 1.67 bits per heavy atom. The molecule has 0 saturated carbocycles. The van der Waals surface area contributed by atoms with E-state index in [4.69, 9.17) is 9.47 Å². The van der Waals surface area contributed by atoms with Crippen LogP contribution in [0.15, 0.2) is 24.3 Å². The molecule has 0 aliphatic carbocycles. The van der Waals surface area contributed by atoms with E-state index in [1.807, 2.05) is 0 Å². The highest BCUT2D eigenvalue weighted by atomic mass is 16.6. The third-order valence-electron chi connectivity index (χ3n) is 4.25. The van der Waals surface area contributed by atoms with Gasteiger partial charge in [-0.15, -0.1) is 0 Å². The molecule has 1 fully saturated rings. The van der Waals surface area contributed by atoms with Crippen molar-refractivity contribution in [3.63, 3.8) is 0 Å². The van der Waals surface area contributed by atoms with E-state index in [0.29, 0.717) is 57.0 Å². The van der Waals surface area contributed by atoms with Crippen LogP contribution in [0.5, 0.6) is 0 Å². The first-order chi connectivity index (χ1) is 13.0. The van der Waals surface area contributed by atoms with Gasteiger partial charge in [0.1, 0.15) is 0 Å². The van der Waals surface area contributed by atoms with Gasteiger partial charge in [0.2, 0.25) is 5.91 Å². The van der Waals surface area contributed by atoms with Gasteiger partial charge in [-0.3, -0.25) is 9.69 Å². The molecule has 0 unspecified atom stereocenters. The molecule has 1 heterocycles. The van der Waals surface area contributed by atoms with E-state index in [1.54, 1.807) is 43.0 Å². The Kier molecular flexibility index (Phi) is 8.06. The Labute approximate surface area is 159 Å². The number of esters is 1. The average Bonchev–Trinajstić information content (AvgIpc) is 2.67. The first-order valence-electron chi connectivity index (χ1n) is 9.25. The fourth-order valence-corrected chi connectivity index (χ4v) is 2.82. The SMILES string of the molecule is CCOC(=O)c1ccccc1NC(=O)CCN1CCN(C(=O)OCC)CC1. The molecule has 2 rings (SSSR count). The molecule has 1 saturated heterocycles. The van der Waals surface area contributed by atoms with Crippen molar-refractivity contribution in [2.24, 2.45) is 0 Å². The smallest absolute Gasteiger partial charge is 0.409 e. The highest BCUT2D eigenvalue weighted by molar-refractivity contribution is 6.01. The maximum absolute atomic E-state index is 12.3. The maximum Gasteiger partial charge on any atom is 0.409 e. The van der Waals surface area contributed by atoms with Crippen molar-refractivity contribution < 1.29 is 23.9 Å². The molecular formula is C19H27N3O5.